The van der Waals surface area contributed by atoms with Gasteiger partial charge in [0, 0.05) is 50.5 Å². The SMILES string of the molecule is CC1CCN(S(=O)(=O)c2ccc(C(=O)N3CCN(c4ccc(F)cc4)CC3)cc2)CC1. The van der Waals surface area contributed by atoms with Crippen LogP contribution in [-0.4, -0.2) is 62.8 Å². The third kappa shape index (κ3) is 4.75. The van der Waals surface area contributed by atoms with Crippen LogP contribution >= 0.6 is 0 Å². The van der Waals surface area contributed by atoms with E-state index in [9.17, 15) is 17.6 Å². The van der Waals surface area contributed by atoms with Gasteiger partial charge < -0.3 is 9.80 Å². The second-order valence-corrected chi connectivity index (χ2v) is 10.3. The standard InChI is InChI=1S/C23H28FN3O3S/c1-18-10-12-27(13-11-18)31(29,30)22-8-2-19(3-9-22)23(28)26-16-14-25(15-17-26)21-6-4-20(24)5-7-21/h2-9,18H,10-17H2,1H3. The van der Waals surface area contributed by atoms with Gasteiger partial charge in [0.2, 0.25) is 10.0 Å². The predicted octanol–water partition coefficient (Wildman–Crippen LogP) is 3.21. The lowest BCUT2D eigenvalue weighted by molar-refractivity contribution is 0.0746. The first-order chi connectivity index (χ1) is 14.8. The first-order valence-electron chi connectivity index (χ1n) is 10.7. The Kier molecular flexibility index (Phi) is 6.29. The molecule has 2 aliphatic rings. The summed E-state index contributed by atoms with van der Waals surface area (Å²) >= 11 is 0. The fourth-order valence-corrected chi connectivity index (χ4v) is 5.62. The Morgan fingerprint density at radius 2 is 1.45 bits per heavy atom. The molecule has 2 aromatic carbocycles. The van der Waals surface area contributed by atoms with Gasteiger partial charge in [0.15, 0.2) is 0 Å². The van der Waals surface area contributed by atoms with E-state index in [4.69, 9.17) is 0 Å². The van der Waals surface area contributed by atoms with E-state index in [-0.39, 0.29) is 16.6 Å². The summed E-state index contributed by atoms with van der Waals surface area (Å²) in [5, 5.41) is 0. The van der Waals surface area contributed by atoms with Crippen LogP contribution in [0, 0.1) is 11.7 Å². The Morgan fingerprint density at radius 3 is 2.03 bits per heavy atom. The maximum atomic E-state index is 13.1. The summed E-state index contributed by atoms with van der Waals surface area (Å²) in [6, 6.07) is 12.6. The van der Waals surface area contributed by atoms with E-state index in [1.165, 1.54) is 24.3 Å². The van der Waals surface area contributed by atoms with E-state index in [1.807, 2.05) is 0 Å². The highest BCUT2D eigenvalue weighted by Gasteiger charge is 2.28. The molecule has 0 N–H and O–H groups in total. The monoisotopic (exact) mass is 445 g/mol. The highest BCUT2D eigenvalue weighted by molar-refractivity contribution is 7.89. The van der Waals surface area contributed by atoms with Crippen LogP contribution < -0.4 is 4.90 Å². The lowest BCUT2D eigenvalue weighted by atomic mass is 10.0. The Morgan fingerprint density at radius 1 is 0.871 bits per heavy atom. The zero-order valence-corrected chi connectivity index (χ0v) is 18.5. The summed E-state index contributed by atoms with van der Waals surface area (Å²) in [5.41, 5.74) is 1.43. The summed E-state index contributed by atoms with van der Waals surface area (Å²) in [6.07, 6.45) is 1.75. The van der Waals surface area contributed by atoms with Crippen molar-refractivity contribution in [2.24, 2.45) is 5.92 Å². The minimum Gasteiger partial charge on any atom is -0.368 e. The van der Waals surface area contributed by atoms with Crippen molar-refractivity contribution < 1.29 is 17.6 Å². The maximum absolute atomic E-state index is 13.1. The van der Waals surface area contributed by atoms with Crippen LogP contribution in [0.4, 0.5) is 10.1 Å². The molecular formula is C23H28FN3O3S. The fourth-order valence-electron chi connectivity index (χ4n) is 4.15. The van der Waals surface area contributed by atoms with Gasteiger partial charge in [0.25, 0.3) is 5.91 Å². The lowest BCUT2D eigenvalue weighted by Gasteiger charge is -2.36. The van der Waals surface area contributed by atoms with E-state index in [0.29, 0.717) is 50.7 Å². The minimum atomic E-state index is -3.52. The van der Waals surface area contributed by atoms with Crippen molar-refractivity contribution in [3.05, 3.63) is 59.9 Å². The third-order valence-corrected chi connectivity index (χ3v) is 8.15. The van der Waals surface area contributed by atoms with Crippen LogP contribution in [0.2, 0.25) is 0 Å². The van der Waals surface area contributed by atoms with Crippen LogP contribution in [0.15, 0.2) is 53.4 Å². The van der Waals surface area contributed by atoms with Gasteiger partial charge in [-0.25, -0.2) is 12.8 Å². The van der Waals surface area contributed by atoms with Crippen LogP contribution in [0.25, 0.3) is 0 Å². The Bertz CT molecular complexity index is 1010. The average Bonchev–Trinajstić information content (AvgIpc) is 2.80. The molecule has 0 aromatic heterocycles. The second-order valence-electron chi connectivity index (χ2n) is 8.37. The fraction of sp³-hybridized carbons (Fsp3) is 0.435. The van der Waals surface area contributed by atoms with Gasteiger partial charge in [-0.2, -0.15) is 4.31 Å². The normalized spacial score (nSPS) is 18.9. The summed E-state index contributed by atoms with van der Waals surface area (Å²) in [7, 11) is -3.52. The van der Waals surface area contributed by atoms with E-state index >= 15 is 0 Å². The number of hydrogen-bond donors (Lipinski definition) is 0. The molecule has 31 heavy (non-hydrogen) atoms. The van der Waals surface area contributed by atoms with Gasteiger partial charge in [0.1, 0.15) is 5.82 Å². The Balaban J connectivity index is 1.38. The number of benzene rings is 2. The first-order valence-corrected chi connectivity index (χ1v) is 12.2. The molecule has 0 saturated carbocycles. The van der Waals surface area contributed by atoms with Crippen LogP contribution in [0.3, 0.4) is 0 Å². The molecule has 166 valence electrons. The number of halogens is 1. The third-order valence-electron chi connectivity index (χ3n) is 6.24. The molecule has 0 radical (unpaired) electrons. The second kappa shape index (κ2) is 8.96. The van der Waals surface area contributed by atoms with E-state index in [2.05, 4.69) is 11.8 Å². The number of anilines is 1. The number of rotatable bonds is 4. The van der Waals surface area contributed by atoms with Gasteiger partial charge in [-0.3, -0.25) is 4.79 Å². The molecule has 6 nitrogen and oxygen atoms in total. The molecular weight excluding hydrogens is 417 g/mol. The molecule has 2 fully saturated rings. The topological polar surface area (TPSA) is 60.9 Å². The predicted molar refractivity (Wildman–Crippen MR) is 118 cm³/mol. The highest BCUT2D eigenvalue weighted by Crippen LogP contribution is 2.24. The first kappa shape index (κ1) is 21.8. The molecule has 0 unspecified atom stereocenters. The molecule has 0 atom stereocenters. The smallest absolute Gasteiger partial charge is 0.253 e. The van der Waals surface area contributed by atoms with Crippen molar-refractivity contribution in [2.45, 2.75) is 24.7 Å². The largest absolute Gasteiger partial charge is 0.368 e. The van der Waals surface area contributed by atoms with E-state index in [0.717, 1.165) is 18.5 Å². The quantitative estimate of drug-likeness (QED) is 0.725. The zero-order valence-electron chi connectivity index (χ0n) is 17.7. The summed E-state index contributed by atoms with van der Waals surface area (Å²) in [6.45, 7) is 5.67. The van der Waals surface area contributed by atoms with E-state index in [1.54, 1.807) is 33.5 Å². The average molecular weight is 446 g/mol. The molecule has 8 heteroatoms. The van der Waals surface area contributed by atoms with Gasteiger partial charge in [-0.1, -0.05) is 6.92 Å². The van der Waals surface area contributed by atoms with Gasteiger partial charge in [-0.05, 0) is 67.3 Å². The number of piperazine rings is 1. The molecule has 2 heterocycles. The molecule has 1 amide bonds. The number of piperidine rings is 1. The van der Waals surface area contributed by atoms with Crippen LogP contribution in [0.1, 0.15) is 30.1 Å². The number of sulfonamides is 1. The molecule has 0 bridgehead atoms. The van der Waals surface area contributed by atoms with Crippen molar-refractivity contribution in [3.8, 4) is 0 Å². The van der Waals surface area contributed by atoms with E-state index < -0.39 is 10.0 Å². The number of nitrogens with zero attached hydrogens (tertiary/aromatic N) is 3. The molecule has 0 spiro atoms. The maximum Gasteiger partial charge on any atom is 0.253 e. The summed E-state index contributed by atoms with van der Waals surface area (Å²) < 4.78 is 40.4. The van der Waals surface area contributed by atoms with Crippen molar-refractivity contribution in [3.63, 3.8) is 0 Å². The molecule has 0 aliphatic carbocycles. The highest BCUT2D eigenvalue weighted by atomic mass is 32.2. The number of carbonyl (C=O) groups is 1. The number of amides is 1. The van der Waals surface area contributed by atoms with Crippen LogP contribution in [0.5, 0.6) is 0 Å². The van der Waals surface area contributed by atoms with Crippen molar-refractivity contribution in [2.75, 3.05) is 44.2 Å². The lowest BCUT2D eigenvalue weighted by Crippen LogP contribution is -2.48. The molecule has 2 aromatic rings. The Labute approximate surface area is 183 Å². The zero-order chi connectivity index (χ0) is 22.0. The van der Waals surface area contributed by atoms with Gasteiger partial charge in [-0.15, -0.1) is 0 Å². The van der Waals surface area contributed by atoms with Crippen molar-refractivity contribution in [1.29, 1.82) is 0 Å². The number of carbonyl (C=O) groups excluding carboxylic acids is 1. The van der Waals surface area contributed by atoms with Crippen molar-refractivity contribution >= 4 is 21.6 Å². The molecule has 2 saturated heterocycles. The van der Waals surface area contributed by atoms with Crippen molar-refractivity contribution in [1.82, 2.24) is 9.21 Å². The van der Waals surface area contributed by atoms with Gasteiger partial charge >= 0.3 is 0 Å². The van der Waals surface area contributed by atoms with Gasteiger partial charge in [0.05, 0.1) is 4.90 Å². The summed E-state index contributed by atoms with van der Waals surface area (Å²) in [5.74, 6) is 0.183. The minimum absolute atomic E-state index is 0.102. The van der Waals surface area contributed by atoms with Crippen LogP contribution in [-0.2, 0) is 10.0 Å². The number of hydrogen-bond acceptors (Lipinski definition) is 4. The Hall–Kier alpha value is -2.45. The summed E-state index contributed by atoms with van der Waals surface area (Å²) in [4.78, 5) is 17.0. The molecule has 4 rings (SSSR count). The molecule has 2 aliphatic heterocycles.